The first-order chi connectivity index (χ1) is 12.6. The number of aryl methyl sites for hydroxylation is 1. The van der Waals surface area contributed by atoms with Gasteiger partial charge in [0.2, 0.25) is 5.91 Å². The van der Waals surface area contributed by atoms with Crippen molar-refractivity contribution in [3.05, 3.63) is 65.5 Å². The number of likely N-dealkylation sites (N-methyl/N-ethyl adjacent to an activating group) is 1. The third-order valence-electron chi connectivity index (χ3n) is 5.34. The van der Waals surface area contributed by atoms with E-state index in [-0.39, 0.29) is 5.91 Å². The molecule has 1 aliphatic rings. The second kappa shape index (κ2) is 8.95. The topological polar surface area (TPSA) is 36.4 Å². The van der Waals surface area contributed by atoms with E-state index in [0.717, 1.165) is 44.6 Å². The minimum absolute atomic E-state index is 0.284. The van der Waals surface area contributed by atoms with Crippen molar-refractivity contribution >= 4 is 5.91 Å². The van der Waals surface area contributed by atoms with E-state index in [1.807, 2.05) is 23.2 Å². The molecule has 0 bridgehead atoms. The number of carbonyl (C=O) groups excluding carboxylic acids is 1. The fourth-order valence-corrected chi connectivity index (χ4v) is 3.56. The van der Waals surface area contributed by atoms with Gasteiger partial charge < -0.3 is 9.80 Å². The molecule has 4 heteroatoms. The van der Waals surface area contributed by atoms with Gasteiger partial charge in [-0.25, -0.2) is 0 Å². The van der Waals surface area contributed by atoms with Crippen molar-refractivity contribution in [3.63, 3.8) is 0 Å². The SMILES string of the molecule is Cc1ccc(CN2CCC(N(C)CCc3ccccn3)CCC2=O)cc1. The molecule has 1 fully saturated rings. The molecular weight excluding hydrogens is 322 g/mol. The number of rotatable bonds is 6. The summed E-state index contributed by atoms with van der Waals surface area (Å²) in [6, 6.07) is 15.0. The van der Waals surface area contributed by atoms with Crippen molar-refractivity contribution in [2.75, 3.05) is 20.1 Å². The lowest BCUT2D eigenvalue weighted by molar-refractivity contribution is -0.131. The summed E-state index contributed by atoms with van der Waals surface area (Å²) in [5, 5.41) is 0. The Balaban J connectivity index is 1.52. The van der Waals surface area contributed by atoms with Crippen molar-refractivity contribution in [1.82, 2.24) is 14.8 Å². The lowest BCUT2D eigenvalue weighted by Crippen LogP contribution is -2.34. The predicted octanol–water partition coefficient (Wildman–Crippen LogP) is 3.45. The van der Waals surface area contributed by atoms with E-state index in [2.05, 4.69) is 54.2 Å². The highest BCUT2D eigenvalue weighted by Crippen LogP contribution is 2.19. The van der Waals surface area contributed by atoms with Crippen molar-refractivity contribution < 1.29 is 4.79 Å². The van der Waals surface area contributed by atoms with Gasteiger partial charge in [-0.2, -0.15) is 0 Å². The average Bonchev–Trinajstić information content (AvgIpc) is 2.84. The fraction of sp³-hybridized carbons (Fsp3) is 0.455. The summed E-state index contributed by atoms with van der Waals surface area (Å²) in [5.74, 6) is 0.284. The zero-order valence-electron chi connectivity index (χ0n) is 15.9. The Morgan fingerprint density at radius 3 is 2.69 bits per heavy atom. The number of amides is 1. The molecule has 3 rings (SSSR count). The Morgan fingerprint density at radius 1 is 1.15 bits per heavy atom. The molecule has 1 aromatic carbocycles. The van der Waals surface area contributed by atoms with Crippen molar-refractivity contribution in [2.24, 2.45) is 0 Å². The maximum absolute atomic E-state index is 12.5. The van der Waals surface area contributed by atoms with E-state index >= 15 is 0 Å². The molecule has 1 unspecified atom stereocenters. The van der Waals surface area contributed by atoms with Crippen LogP contribution < -0.4 is 0 Å². The molecule has 26 heavy (non-hydrogen) atoms. The number of hydrogen-bond acceptors (Lipinski definition) is 3. The Labute approximate surface area is 156 Å². The van der Waals surface area contributed by atoms with E-state index in [0.29, 0.717) is 12.5 Å². The van der Waals surface area contributed by atoms with Crippen LogP contribution >= 0.6 is 0 Å². The second-order valence-electron chi connectivity index (χ2n) is 7.33. The summed E-state index contributed by atoms with van der Waals surface area (Å²) in [4.78, 5) is 21.4. The molecule has 0 N–H and O–H groups in total. The summed E-state index contributed by atoms with van der Waals surface area (Å²) in [7, 11) is 2.17. The molecule has 0 aliphatic carbocycles. The minimum Gasteiger partial charge on any atom is -0.338 e. The molecule has 4 nitrogen and oxygen atoms in total. The molecule has 0 radical (unpaired) electrons. The Hall–Kier alpha value is -2.20. The van der Waals surface area contributed by atoms with Gasteiger partial charge in [0.15, 0.2) is 0 Å². The largest absolute Gasteiger partial charge is 0.338 e. The third-order valence-corrected chi connectivity index (χ3v) is 5.34. The monoisotopic (exact) mass is 351 g/mol. The van der Waals surface area contributed by atoms with Crippen LogP contribution in [-0.4, -0.2) is 46.9 Å². The average molecular weight is 351 g/mol. The van der Waals surface area contributed by atoms with E-state index in [4.69, 9.17) is 0 Å². The Morgan fingerprint density at radius 2 is 1.96 bits per heavy atom. The summed E-state index contributed by atoms with van der Waals surface area (Å²) in [5.41, 5.74) is 3.60. The van der Waals surface area contributed by atoms with Crippen molar-refractivity contribution in [2.45, 2.75) is 45.2 Å². The number of likely N-dealkylation sites (tertiary alicyclic amines) is 1. The zero-order chi connectivity index (χ0) is 18.4. The van der Waals surface area contributed by atoms with Crippen molar-refractivity contribution in [3.8, 4) is 0 Å². The Kier molecular flexibility index (Phi) is 6.40. The van der Waals surface area contributed by atoms with Gasteiger partial charge in [0.25, 0.3) is 0 Å². The van der Waals surface area contributed by atoms with Gasteiger partial charge in [0, 0.05) is 50.4 Å². The van der Waals surface area contributed by atoms with E-state index in [9.17, 15) is 4.79 Å². The van der Waals surface area contributed by atoms with Crippen LogP contribution in [0.1, 0.15) is 36.1 Å². The molecule has 2 heterocycles. The number of nitrogens with zero attached hydrogens (tertiary/aromatic N) is 3. The van der Waals surface area contributed by atoms with E-state index in [1.54, 1.807) is 0 Å². The lowest BCUT2D eigenvalue weighted by Gasteiger charge is -2.27. The first-order valence-electron chi connectivity index (χ1n) is 9.55. The number of carbonyl (C=O) groups is 1. The minimum atomic E-state index is 0.284. The molecule has 1 aromatic heterocycles. The Bertz CT molecular complexity index is 699. The molecule has 2 aromatic rings. The van der Waals surface area contributed by atoms with E-state index in [1.165, 1.54) is 11.1 Å². The molecule has 0 saturated carbocycles. The molecular formula is C22H29N3O. The van der Waals surface area contributed by atoms with E-state index < -0.39 is 0 Å². The van der Waals surface area contributed by atoms with Crippen LogP contribution in [0.15, 0.2) is 48.7 Å². The van der Waals surface area contributed by atoms with Crippen LogP contribution in [0.5, 0.6) is 0 Å². The van der Waals surface area contributed by atoms with Crippen LogP contribution in [0.4, 0.5) is 0 Å². The summed E-state index contributed by atoms with van der Waals surface area (Å²) >= 11 is 0. The second-order valence-corrected chi connectivity index (χ2v) is 7.33. The highest BCUT2D eigenvalue weighted by molar-refractivity contribution is 5.76. The molecule has 1 aliphatic heterocycles. The normalized spacial score (nSPS) is 18.2. The number of benzene rings is 1. The van der Waals surface area contributed by atoms with Gasteiger partial charge in [-0.15, -0.1) is 0 Å². The lowest BCUT2D eigenvalue weighted by atomic mass is 10.1. The van der Waals surface area contributed by atoms with Crippen LogP contribution in [-0.2, 0) is 17.8 Å². The standard InChI is InChI=1S/C22H29N3O/c1-18-6-8-19(9-7-18)17-25-16-13-21(10-11-22(25)26)24(2)15-12-20-5-3-4-14-23-20/h3-9,14,21H,10-13,15-17H2,1-2H3. The van der Waals surface area contributed by atoms with Crippen LogP contribution in [0.3, 0.4) is 0 Å². The maximum atomic E-state index is 12.5. The molecule has 1 amide bonds. The van der Waals surface area contributed by atoms with Gasteiger partial charge in [-0.1, -0.05) is 35.9 Å². The molecule has 1 saturated heterocycles. The number of aromatic nitrogens is 1. The molecule has 0 spiro atoms. The molecule has 1 atom stereocenters. The first-order valence-corrected chi connectivity index (χ1v) is 9.55. The number of pyridine rings is 1. The third kappa shape index (κ3) is 5.15. The van der Waals surface area contributed by atoms with Crippen LogP contribution in [0, 0.1) is 6.92 Å². The van der Waals surface area contributed by atoms with Gasteiger partial charge in [-0.3, -0.25) is 9.78 Å². The number of hydrogen-bond donors (Lipinski definition) is 0. The van der Waals surface area contributed by atoms with Gasteiger partial charge >= 0.3 is 0 Å². The highest BCUT2D eigenvalue weighted by Gasteiger charge is 2.24. The summed E-state index contributed by atoms with van der Waals surface area (Å²) in [6.07, 6.45) is 5.43. The molecule has 138 valence electrons. The highest BCUT2D eigenvalue weighted by atomic mass is 16.2. The maximum Gasteiger partial charge on any atom is 0.222 e. The van der Waals surface area contributed by atoms with Gasteiger partial charge in [0.1, 0.15) is 0 Å². The summed E-state index contributed by atoms with van der Waals surface area (Å²) < 4.78 is 0. The first kappa shape index (κ1) is 18.6. The van der Waals surface area contributed by atoms with Crippen LogP contribution in [0.2, 0.25) is 0 Å². The summed E-state index contributed by atoms with van der Waals surface area (Å²) in [6.45, 7) is 4.63. The van der Waals surface area contributed by atoms with Crippen LogP contribution in [0.25, 0.3) is 0 Å². The fourth-order valence-electron chi connectivity index (χ4n) is 3.56. The smallest absolute Gasteiger partial charge is 0.222 e. The van der Waals surface area contributed by atoms with Gasteiger partial charge in [0.05, 0.1) is 0 Å². The quantitative estimate of drug-likeness (QED) is 0.800. The van der Waals surface area contributed by atoms with Gasteiger partial charge in [-0.05, 0) is 44.5 Å². The zero-order valence-corrected chi connectivity index (χ0v) is 15.9. The van der Waals surface area contributed by atoms with Crippen molar-refractivity contribution in [1.29, 1.82) is 0 Å². The predicted molar refractivity (Wildman–Crippen MR) is 105 cm³/mol.